The van der Waals surface area contributed by atoms with E-state index >= 15 is 0 Å². The number of anilines is 1. The Morgan fingerprint density at radius 3 is 2.74 bits per heavy atom. The lowest BCUT2D eigenvalue weighted by molar-refractivity contribution is 0.204. The molecule has 1 aromatic heterocycles. The van der Waals surface area contributed by atoms with Crippen LogP contribution in [0.25, 0.3) is 10.9 Å². The summed E-state index contributed by atoms with van der Waals surface area (Å²) in [5.74, 6) is 1.29. The summed E-state index contributed by atoms with van der Waals surface area (Å²) in [7, 11) is 0. The molecule has 0 aliphatic carbocycles. The molecule has 0 spiro atoms. The van der Waals surface area contributed by atoms with E-state index < -0.39 is 0 Å². The molecule has 4 heteroatoms. The van der Waals surface area contributed by atoms with E-state index in [2.05, 4.69) is 29.1 Å². The van der Waals surface area contributed by atoms with Gasteiger partial charge in [0.1, 0.15) is 0 Å². The van der Waals surface area contributed by atoms with Crippen molar-refractivity contribution in [2.45, 2.75) is 39.7 Å². The number of para-hydroxylation sites is 1. The van der Waals surface area contributed by atoms with Gasteiger partial charge in [0.25, 0.3) is 0 Å². The van der Waals surface area contributed by atoms with Crippen LogP contribution in [0.5, 0.6) is 5.88 Å². The molecule has 102 valence electrons. The van der Waals surface area contributed by atoms with E-state index in [1.165, 1.54) is 0 Å². The van der Waals surface area contributed by atoms with Crippen LogP contribution in [0.1, 0.15) is 33.6 Å². The molecule has 0 radical (unpaired) electrons. The van der Waals surface area contributed by atoms with Crippen LogP contribution in [-0.2, 0) is 0 Å². The number of benzene rings is 1. The van der Waals surface area contributed by atoms with Crippen LogP contribution in [-0.4, -0.2) is 22.6 Å². The molecule has 1 atom stereocenters. The van der Waals surface area contributed by atoms with Gasteiger partial charge in [-0.2, -0.15) is 4.98 Å². The van der Waals surface area contributed by atoms with Crippen molar-refractivity contribution >= 4 is 16.9 Å². The zero-order valence-electron chi connectivity index (χ0n) is 11.8. The van der Waals surface area contributed by atoms with Crippen LogP contribution < -0.4 is 10.1 Å². The van der Waals surface area contributed by atoms with Gasteiger partial charge >= 0.3 is 0 Å². The van der Waals surface area contributed by atoms with Gasteiger partial charge in [0, 0.05) is 6.54 Å². The van der Waals surface area contributed by atoms with E-state index in [1.807, 2.05) is 31.2 Å². The molecule has 0 fully saturated rings. The molecule has 1 N–H and O–H groups in total. The van der Waals surface area contributed by atoms with Gasteiger partial charge in [0.15, 0.2) is 0 Å². The topological polar surface area (TPSA) is 47.0 Å². The lowest BCUT2D eigenvalue weighted by Crippen LogP contribution is -2.13. The molecule has 1 unspecified atom stereocenters. The first kappa shape index (κ1) is 13.6. The second kappa shape index (κ2) is 6.36. The van der Waals surface area contributed by atoms with Crippen LogP contribution >= 0.6 is 0 Å². The predicted molar refractivity (Wildman–Crippen MR) is 78.7 cm³/mol. The van der Waals surface area contributed by atoms with Crippen LogP contribution in [0, 0.1) is 0 Å². The average Bonchev–Trinajstić information content (AvgIpc) is 2.39. The summed E-state index contributed by atoms with van der Waals surface area (Å²) in [6.45, 7) is 7.05. The zero-order valence-corrected chi connectivity index (χ0v) is 11.8. The monoisotopic (exact) mass is 259 g/mol. The lowest BCUT2D eigenvalue weighted by atomic mass is 10.2. The summed E-state index contributed by atoms with van der Waals surface area (Å²) < 4.78 is 5.96. The molecule has 0 saturated carbocycles. The fraction of sp³-hybridized carbons (Fsp3) is 0.467. The van der Waals surface area contributed by atoms with E-state index in [9.17, 15) is 0 Å². The predicted octanol–water partition coefficient (Wildman–Crippen LogP) is 3.63. The SMILES string of the molecule is CCCC(C)Oc1nc(NCC)nc2ccccc12. The number of aromatic nitrogens is 2. The molecule has 1 heterocycles. The zero-order chi connectivity index (χ0) is 13.7. The number of hydrogen-bond donors (Lipinski definition) is 1. The van der Waals surface area contributed by atoms with Gasteiger partial charge in [-0.15, -0.1) is 0 Å². The lowest BCUT2D eigenvalue weighted by Gasteiger charge is -2.15. The number of fused-ring (bicyclic) bond motifs is 1. The van der Waals surface area contributed by atoms with Crippen molar-refractivity contribution in [1.29, 1.82) is 0 Å². The minimum atomic E-state index is 0.165. The average molecular weight is 259 g/mol. The Balaban J connectivity index is 2.38. The second-order valence-corrected chi connectivity index (χ2v) is 4.62. The van der Waals surface area contributed by atoms with Crippen molar-refractivity contribution in [2.24, 2.45) is 0 Å². The van der Waals surface area contributed by atoms with Crippen molar-refractivity contribution in [1.82, 2.24) is 9.97 Å². The fourth-order valence-electron chi connectivity index (χ4n) is 2.03. The standard InChI is InChI=1S/C15H21N3O/c1-4-8-11(3)19-14-12-9-6-7-10-13(12)17-15(18-14)16-5-2/h6-7,9-11H,4-5,8H2,1-3H3,(H,16,17,18). The molecule has 2 rings (SSSR count). The van der Waals surface area contributed by atoms with E-state index in [4.69, 9.17) is 4.74 Å². The van der Waals surface area contributed by atoms with Gasteiger partial charge in [-0.1, -0.05) is 25.5 Å². The Hall–Kier alpha value is -1.84. The van der Waals surface area contributed by atoms with Crippen LogP contribution in [0.2, 0.25) is 0 Å². The minimum absolute atomic E-state index is 0.165. The van der Waals surface area contributed by atoms with E-state index in [0.717, 1.165) is 30.3 Å². The van der Waals surface area contributed by atoms with Crippen LogP contribution in [0.3, 0.4) is 0 Å². The number of nitrogens with zero attached hydrogens (tertiary/aromatic N) is 2. The normalized spacial score (nSPS) is 12.4. The summed E-state index contributed by atoms with van der Waals surface area (Å²) in [5.41, 5.74) is 0.909. The maximum atomic E-state index is 5.96. The highest BCUT2D eigenvalue weighted by atomic mass is 16.5. The Morgan fingerprint density at radius 1 is 1.21 bits per heavy atom. The molecule has 0 saturated heterocycles. The van der Waals surface area contributed by atoms with Gasteiger partial charge in [0.05, 0.1) is 17.0 Å². The van der Waals surface area contributed by atoms with Gasteiger partial charge in [-0.3, -0.25) is 0 Å². The van der Waals surface area contributed by atoms with Gasteiger partial charge in [-0.25, -0.2) is 4.98 Å². The molecular weight excluding hydrogens is 238 g/mol. The molecule has 0 bridgehead atoms. The number of nitrogens with one attached hydrogen (secondary N) is 1. The number of hydrogen-bond acceptors (Lipinski definition) is 4. The van der Waals surface area contributed by atoms with E-state index in [-0.39, 0.29) is 6.10 Å². The van der Waals surface area contributed by atoms with Gasteiger partial charge < -0.3 is 10.1 Å². The molecule has 0 amide bonds. The third-order valence-electron chi connectivity index (χ3n) is 2.91. The molecular formula is C15H21N3O. The largest absolute Gasteiger partial charge is 0.474 e. The van der Waals surface area contributed by atoms with Gasteiger partial charge in [-0.05, 0) is 32.4 Å². The van der Waals surface area contributed by atoms with Crippen molar-refractivity contribution in [3.63, 3.8) is 0 Å². The third-order valence-corrected chi connectivity index (χ3v) is 2.91. The first-order valence-electron chi connectivity index (χ1n) is 6.91. The summed E-state index contributed by atoms with van der Waals surface area (Å²) in [6, 6.07) is 7.94. The molecule has 19 heavy (non-hydrogen) atoms. The number of rotatable bonds is 6. The first-order valence-corrected chi connectivity index (χ1v) is 6.91. The molecule has 2 aromatic rings. The van der Waals surface area contributed by atoms with Crippen molar-refractivity contribution in [3.05, 3.63) is 24.3 Å². The smallest absolute Gasteiger partial charge is 0.226 e. The van der Waals surface area contributed by atoms with Crippen molar-refractivity contribution in [3.8, 4) is 5.88 Å². The van der Waals surface area contributed by atoms with Crippen LogP contribution in [0.15, 0.2) is 24.3 Å². The Morgan fingerprint density at radius 2 is 2.00 bits per heavy atom. The van der Waals surface area contributed by atoms with Crippen LogP contribution in [0.4, 0.5) is 5.95 Å². The minimum Gasteiger partial charge on any atom is -0.474 e. The fourth-order valence-corrected chi connectivity index (χ4v) is 2.03. The first-order chi connectivity index (χ1) is 9.24. The number of ether oxygens (including phenoxy) is 1. The third kappa shape index (κ3) is 3.34. The Labute approximate surface area is 114 Å². The summed E-state index contributed by atoms with van der Waals surface area (Å²) >= 11 is 0. The summed E-state index contributed by atoms with van der Waals surface area (Å²) in [4.78, 5) is 8.95. The highest BCUT2D eigenvalue weighted by Crippen LogP contribution is 2.25. The molecule has 4 nitrogen and oxygen atoms in total. The Bertz CT molecular complexity index is 542. The Kier molecular flexibility index (Phi) is 4.55. The molecule has 1 aromatic carbocycles. The van der Waals surface area contributed by atoms with Crippen molar-refractivity contribution in [2.75, 3.05) is 11.9 Å². The van der Waals surface area contributed by atoms with Crippen molar-refractivity contribution < 1.29 is 4.74 Å². The van der Waals surface area contributed by atoms with E-state index in [0.29, 0.717) is 11.8 Å². The maximum Gasteiger partial charge on any atom is 0.226 e. The molecule has 0 aliphatic heterocycles. The highest BCUT2D eigenvalue weighted by molar-refractivity contribution is 5.84. The highest BCUT2D eigenvalue weighted by Gasteiger charge is 2.11. The summed E-state index contributed by atoms with van der Waals surface area (Å²) in [6.07, 6.45) is 2.29. The quantitative estimate of drug-likeness (QED) is 0.860. The second-order valence-electron chi connectivity index (χ2n) is 4.62. The molecule has 0 aliphatic rings. The van der Waals surface area contributed by atoms with E-state index in [1.54, 1.807) is 0 Å². The van der Waals surface area contributed by atoms with Gasteiger partial charge in [0.2, 0.25) is 11.8 Å². The summed E-state index contributed by atoms with van der Waals surface area (Å²) in [5, 5.41) is 4.11. The maximum absolute atomic E-state index is 5.96.